The van der Waals surface area contributed by atoms with Crippen LogP contribution < -0.4 is 14.8 Å². The van der Waals surface area contributed by atoms with Crippen LogP contribution in [0.1, 0.15) is 49.7 Å². The number of ketones is 1. The largest absolute Gasteiger partial charge is 0.618 e. The minimum absolute atomic E-state index is 0.117. The van der Waals surface area contributed by atoms with Crippen molar-refractivity contribution < 1.29 is 41.4 Å². The van der Waals surface area contributed by atoms with Crippen LogP contribution in [0.15, 0.2) is 30.5 Å². The molecule has 0 bridgehead atoms. The molecule has 1 aliphatic heterocycles. The van der Waals surface area contributed by atoms with E-state index in [9.17, 15) is 32.4 Å². The SMILES string of the molecule is CC(=O)c1cc(NC(=O)[C@H]2OC(C)(C)[C@@H](C)[C@@H]2c2ccc(F)c(F)c2OC(F)F)cc[n+]1[O-]. The number of hydrogen-bond acceptors (Lipinski definition) is 5. The molecule has 2 aromatic rings. The first-order chi connectivity index (χ1) is 15.3. The number of alkyl halides is 2. The number of Topliss-reactive ketones (excluding diaryl/α,β-unsaturated/α-hetero) is 1. The number of benzene rings is 1. The maximum Gasteiger partial charge on any atom is 0.387 e. The summed E-state index contributed by atoms with van der Waals surface area (Å²) >= 11 is 0. The van der Waals surface area contributed by atoms with Crippen molar-refractivity contribution in [2.24, 2.45) is 5.92 Å². The molecule has 11 heteroatoms. The topological polar surface area (TPSA) is 91.6 Å². The van der Waals surface area contributed by atoms with E-state index in [1.165, 1.54) is 19.1 Å². The lowest BCUT2D eigenvalue weighted by atomic mass is 9.78. The van der Waals surface area contributed by atoms with Crippen LogP contribution in [-0.4, -0.2) is 30.0 Å². The second kappa shape index (κ2) is 8.97. The van der Waals surface area contributed by atoms with E-state index in [2.05, 4.69) is 10.1 Å². The zero-order chi connectivity index (χ0) is 24.7. The van der Waals surface area contributed by atoms with E-state index >= 15 is 0 Å². The van der Waals surface area contributed by atoms with Crippen molar-refractivity contribution in [1.29, 1.82) is 0 Å². The van der Waals surface area contributed by atoms with Gasteiger partial charge in [-0.1, -0.05) is 13.0 Å². The van der Waals surface area contributed by atoms with Gasteiger partial charge in [0.1, 0.15) is 6.10 Å². The van der Waals surface area contributed by atoms with E-state index in [1.54, 1.807) is 20.8 Å². The average molecular weight is 470 g/mol. The van der Waals surface area contributed by atoms with Crippen LogP contribution in [0.3, 0.4) is 0 Å². The number of halogens is 4. The molecule has 0 saturated carbocycles. The van der Waals surface area contributed by atoms with Crippen molar-refractivity contribution in [3.8, 4) is 5.75 Å². The quantitative estimate of drug-likeness (QED) is 0.299. The molecule has 1 N–H and O–H groups in total. The van der Waals surface area contributed by atoms with E-state index in [4.69, 9.17) is 4.74 Å². The lowest BCUT2D eigenvalue weighted by molar-refractivity contribution is -0.607. The molecule has 0 unspecified atom stereocenters. The highest BCUT2D eigenvalue weighted by Gasteiger charge is 2.52. The number of nitrogens with zero attached hydrogens (tertiary/aromatic N) is 1. The smallest absolute Gasteiger partial charge is 0.387 e. The molecule has 2 heterocycles. The van der Waals surface area contributed by atoms with Crippen molar-refractivity contribution in [3.63, 3.8) is 0 Å². The highest BCUT2D eigenvalue weighted by atomic mass is 19.3. The summed E-state index contributed by atoms with van der Waals surface area (Å²) in [6, 6.07) is 4.28. The normalized spacial score (nSPS) is 21.8. The summed E-state index contributed by atoms with van der Waals surface area (Å²) in [7, 11) is 0. The molecule has 1 aromatic carbocycles. The summed E-state index contributed by atoms with van der Waals surface area (Å²) < 4.78 is 64.6. The van der Waals surface area contributed by atoms with Crippen LogP contribution in [0.4, 0.5) is 23.2 Å². The molecule has 0 spiro atoms. The number of ether oxygens (including phenoxy) is 2. The molecule has 178 valence electrons. The van der Waals surface area contributed by atoms with E-state index in [1.807, 2.05) is 0 Å². The van der Waals surface area contributed by atoms with Gasteiger partial charge in [-0.3, -0.25) is 9.59 Å². The van der Waals surface area contributed by atoms with E-state index in [0.29, 0.717) is 4.73 Å². The van der Waals surface area contributed by atoms with Gasteiger partial charge in [-0.25, -0.2) is 4.39 Å². The molecule has 0 aliphatic carbocycles. The Hall–Kier alpha value is -3.21. The fraction of sp³-hybridized carbons (Fsp3) is 0.409. The Bertz CT molecular complexity index is 1090. The van der Waals surface area contributed by atoms with Gasteiger partial charge in [0.25, 0.3) is 11.6 Å². The lowest BCUT2D eigenvalue weighted by Gasteiger charge is -2.26. The minimum Gasteiger partial charge on any atom is -0.618 e. The molecule has 7 nitrogen and oxygen atoms in total. The fourth-order valence-electron chi connectivity index (χ4n) is 3.91. The summed E-state index contributed by atoms with van der Waals surface area (Å²) in [5.74, 6) is -6.72. The molecule has 1 aromatic heterocycles. The van der Waals surface area contributed by atoms with Crippen LogP contribution in [0.25, 0.3) is 0 Å². The van der Waals surface area contributed by atoms with Crippen LogP contribution in [-0.2, 0) is 9.53 Å². The Morgan fingerprint density at radius 3 is 2.52 bits per heavy atom. The molecule has 3 rings (SSSR count). The van der Waals surface area contributed by atoms with Gasteiger partial charge in [-0.15, -0.1) is 0 Å². The molecule has 3 atom stereocenters. The number of pyridine rings is 1. The number of hydrogen-bond donors (Lipinski definition) is 1. The second-order valence-corrected chi connectivity index (χ2v) is 8.29. The standard InChI is InChI=1S/C22H22F4N2O5/c1-10-16(13-5-6-14(23)17(24)18(13)32-21(25)26)19(33-22(10,3)4)20(30)27-12-7-8-28(31)15(9-12)11(2)29/h5-10,16,19,21H,1-4H3,(H,27,30)/t10-,16+,19-/m0/s1. The minimum atomic E-state index is -3.42. The average Bonchev–Trinajstić information content (AvgIpc) is 2.96. The van der Waals surface area contributed by atoms with Crippen molar-refractivity contribution in [1.82, 2.24) is 0 Å². The van der Waals surface area contributed by atoms with Crippen molar-refractivity contribution >= 4 is 17.4 Å². The summed E-state index contributed by atoms with van der Waals surface area (Å²) in [6.07, 6.45) is -0.268. The molecule has 1 aliphatic rings. The third-order valence-corrected chi connectivity index (χ3v) is 5.84. The number of aromatic nitrogens is 1. The summed E-state index contributed by atoms with van der Waals surface area (Å²) in [4.78, 5) is 24.7. The van der Waals surface area contributed by atoms with Gasteiger partial charge >= 0.3 is 6.61 Å². The molecule has 1 amide bonds. The number of amides is 1. The summed E-state index contributed by atoms with van der Waals surface area (Å²) in [5, 5.41) is 14.2. The van der Waals surface area contributed by atoms with E-state index in [0.717, 1.165) is 18.3 Å². The van der Waals surface area contributed by atoms with Gasteiger partial charge in [-0.2, -0.15) is 17.9 Å². The first-order valence-electron chi connectivity index (χ1n) is 9.99. The van der Waals surface area contributed by atoms with Crippen LogP contribution in [0.2, 0.25) is 0 Å². The van der Waals surface area contributed by atoms with Gasteiger partial charge in [0.2, 0.25) is 11.6 Å². The van der Waals surface area contributed by atoms with Crippen molar-refractivity contribution in [2.75, 3.05) is 5.32 Å². The molecule has 1 fully saturated rings. The van der Waals surface area contributed by atoms with Gasteiger partial charge in [0.15, 0.2) is 17.8 Å². The third kappa shape index (κ3) is 4.77. The first-order valence-corrected chi connectivity index (χ1v) is 9.99. The highest BCUT2D eigenvalue weighted by molar-refractivity contribution is 5.97. The molecular weight excluding hydrogens is 448 g/mol. The number of carbonyl (C=O) groups is 2. The Balaban J connectivity index is 2.02. The van der Waals surface area contributed by atoms with Gasteiger partial charge in [0, 0.05) is 30.5 Å². The number of rotatable bonds is 6. The summed E-state index contributed by atoms with van der Waals surface area (Å²) in [5.41, 5.74) is -1.19. The second-order valence-electron chi connectivity index (χ2n) is 8.29. The predicted molar refractivity (Wildman–Crippen MR) is 108 cm³/mol. The van der Waals surface area contributed by atoms with Crippen molar-refractivity contribution in [2.45, 2.75) is 51.9 Å². The van der Waals surface area contributed by atoms with Gasteiger partial charge < -0.3 is 20.0 Å². The predicted octanol–water partition coefficient (Wildman–Crippen LogP) is 3.94. The first kappa shape index (κ1) is 24.4. The summed E-state index contributed by atoms with van der Waals surface area (Å²) in [6.45, 7) is 2.78. The maximum atomic E-state index is 14.4. The fourth-order valence-corrected chi connectivity index (χ4v) is 3.91. The lowest BCUT2D eigenvalue weighted by Crippen LogP contribution is -2.35. The number of carbonyl (C=O) groups excluding carboxylic acids is 2. The molecular formula is C22H22F4N2O5. The van der Waals surface area contributed by atoms with Crippen LogP contribution in [0.5, 0.6) is 5.75 Å². The Morgan fingerprint density at radius 2 is 1.91 bits per heavy atom. The molecule has 33 heavy (non-hydrogen) atoms. The van der Waals surface area contributed by atoms with Gasteiger partial charge in [0.05, 0.1) is 11.3 Å². The van der Waals surface area contributed by atoms with Crippen LogP contribution >= 0.6 is 0 Å². The molecule has 1 saturated heterocycles. The van der Waals surface area contributed by atoms with E-state index in [-0.39, 0.29) is 16.9 Å². The number of nitrogens with one attached hydrogen (secondary N) is 1. The Kier molecular flexibility index (Phi) is 6.64. The Morgan fingerprint density at radius 1 is 1.24 bits per heavy atom. The van der Waals surface area contributed by atoms with E-state index < -0.39 is 59.2 Å². The maximum absolute atomic E-state index is 14.4. The van der Waals surface area contributed by atoms with Crippen molar-refractivity contribution in [3.05, 3.63) is 58.6 Å². The highest BCUT2D eigenvalue weighted by Crippen LogP contribution is 2.49. The Labute approximate surface area is 186 Å². The monoisotopic (exact) mass is 470 g/mol. The number of anilines is 1. The van der Waals surface area contributed by atoms with Crippen LogP contribution in [0, 0.1) is 22.8 Å². The zero-order valence-electron chi connectivity index (χ0n) is 18.2. The molecule has 0 radical (unpaired) electrons. The van der Waals surface area contributed by atoms with Gasteiger partial charge in [-0.05, 0) is 25.8 Å². The third-order valence-electron chi connectivity index (χ3n) is 5.84. The zero-order valence-corrected chi connectivity index (χ0v) is 18.2.